The molecule has 222 valence electrons. The monoisotopic (exact) mass is 705 g/mol. The minimum atomic E-state index is -3.87. The molecule has 6 heteroatoms. The summed E-state index contributed by atoms with van der Waals surface area (Å²) >= 11 is -0.0703. The van der Waals surface area contributed by atoms with Crippen molar-refractivity contribution in [3.63, 3.8) is 0 Å². The highest BCUT2D eigenvalue weighted by Crippen LogP contribution is 2.26. The van der Waals surface area contributed by atoms with E-state index in [2.05, 4.69) is 90.1 Å². The summed E-state index contributed by atoms with van der Waals surface area (Å²) in [6, 6.07) is 36.4. The molecule has 0 heterocycles. The highest BCUT2D eigenvalue weighted by molar-refractivity contribution is 7.87. The lowest BCUT2D eigenvalue weighted by Crippen LogP contribution is -3.61. The topological polar surface area (TPSA) is 60.4 Å². The molecule has 0 radical (unpaired) electrons. The maximum atomic E-state index is 12.2. The third-order valence-corrected chi connectivity index (χ3v) is 10.8. The summed E-state index contributed by atoms with van der Waals surface area (Å²) in [6.07, 6.45) is 0.767. The first-order valence-corrected chi connectivity index (χ1v) is 17.7. The van der Waals surface area contributed by atoms with E-state index in [0.717, 1.165) is 17.1 Å². The Morgan fingerprint density at radius 3 is 1.65 bits per heavy atom. The van der Waals surface area contributed by atoms with Crippen molar-refractivity contribution in [3.8, 4) is 5.75 Å². The Labute approximate surface area is 266 Å². The van der Waals surface area contributed by atoms with E-state index >= 15 is 0 Å². The molecule has 0 aliphatic rings. The molecule has 43 heavy (non-hydrogen) atoms. The van der Waals surface area contributed by atoms with Gasteiger partial charge in [0.15, 0.2) is 13.4 Å². The van der Waals surface area contributed by atoms with Gasteiger partial charge in [-0.25, -0.2) is 0 Å². The third-order valence-electron chi connectivity index (χ3n) is 6.89. The highest BCUT2D eigenvalue weighted by Gasteiger charge is 2.20. The fourth-order valence-corrected chi connectivity index (χ4v) is 7.46. The van der Waals surface area contributed by atoms with Gasteiger partial charge in [-0.15, -0.1) is 0 Å². The first-order valence-electron chi connectivity index (χ1n) is 14.1. The SMILES string of the molecule is CC(C)(C)c1ccc([I+]c2ccc(C(C)(C)C)cc2)cc1.O=Cc1cccc2cc(OS(=O)(=O)c3ccccc3)ccc12. The Balaban J connectivity index is 0.000000197. The number of benzene rings is 5. The smallest absolute Gasteiger partial charge is 0.357 e. The Kier molecular flexibility index (Phi) is 10.1. The van der Waals surface area contributed by atoms with Gasteiger partial charge in [0.25, 0.3) is 0 Å². The Morgan fingerprint density at radius 2 is 1.16 bits per heavy atom. The summed E-state index contributed by atoms with van der Waals surface area (Å²) in [4.78, 5) is 11.1. The minimum Gasteiger partial charge on any atom is -0.379 e. The Bertz CT molecular complexity index is 1730. The van der Waals surface area contributed by atoms with Crippen molar-refractivity contribution in [1.29, 1.82) is 0 Å². The minimum absolute atomic E-state index is 0.0703. The summed E-state index contributed by atoms with van der Waals surface area (Å²) in [7, 11) is -3.87. The molecule has 0 saturated carbocycles. The van der Waals surface area contributed by atoms with Gasteiger partial charge in [-0.3, -0.25) is 4.79 Å². The van der Waals surface area contributed by atoms with E-state index in [-0.39, 0.29) is 42.7 Å². The lowest BCUT2D eigenvalue weighted by Gasteiger charge is -2.18. The van der Waals surface area contributed by atoms with Crippen molar-refractivity contribution in [1.82, 2.24) is 0 Å². The number of fused-ring (bicyclic) bond motifs is 1. The molecule has 0 aromatic heterocycles. The molecular formula is C37H38IO4S+. The predicted molar refractivity (Wildman–Crippen MR) is 171 cm³/mol. The van der Waals surface area contributed by atoms with Crippen LogP contribution in [0.4, 0.5) is 0 Å². The average Bonchev–Trinajstić information content (AvgIpc) is 2.97. The van der Waals surface area contributed by atoms with Crippen molar-refractivity contribution in [2.75, 3.05) is 0 Å². The normalized spacial score (nSPS) is 11.9. The molecule has 0 atom stereocenters. The van der Waals surface area contributed by atoms with E-state index in [1.807, 2.05) is 0 Å². The molecule has 4 nitrogen and oxygen atoms in total. The third kappa shape index (κ3) is 8.77. The Hall–Kier alpha value is -3.49. The van der Waals surface area contributed by atoms with Gasteiger partial charge in [0.05, 0.1) is 0 Å². The summed E-state index contributed by atoms with van der Waals surface area (Å²) in [5.74, 6) is 0.208. The first-order chi connectivity index (χ1) is 20.3. The molecule has 0 unspecified atom stereocenters. The fourth-order valence-electron chi connectivity index (χ4n) is 4.36. The molecule has 0 bridgehead atoms. The fraction of sp³-hybridized carbons (Fsp3) is 0.216. The van der Waals surface area contributed by atoms with Crippen LogP contribution in [0.5, 0.6) is 5.75 Å². The van der Waals surface area contributed by atoms with Crippen LogP contribution in [0.3, 0.4) is 0 Å². The van der Waals surface area contributed by atoms with Crippen molar-refractivity contribution in [2.24, 2.45) is 0 Å². The number of hydrogen-bond acceptors (Lipinski definition) is 4. The van der Waals surface area contributed by atoms with Gasteiger partial charge >= 0.3 is 31.3 Å². The van der Waals surface area contributed by atoms with Crippen molar-refractivity contribution < 1.29 is 38.6 Å². The number of aldehydes is 1. The van der Waals surface area contributed by atoms with Crippen molar-refractivity contribution >= 4 is 27.2 Å². The van der Waals surface area contributed by atoms with Crippen LogP contribution in [0.2, 0.25) is 0 Å². The van der Waals surface area contributed by atoms with Gasteiger partial charge in [0.2, 0.25) is 0 Å². The number of halogens is 1. The summed E-state index contributed by atoms with van der Waals surface area (Å²) in [6.45, 7) is 13.6. The summed E-state index contributed by atoms with van der Waals surface area (Å²) in [5, 5.41) is 1.49. The number of hydrogen-bond donors (Lipinski definition) is 0. The molecular weight excluding hydrogens is 667 g/mol. The van der Waals surface area contributed by atoms with Gasteiger partial charge < -0.3 is 4.18 Å². The van der Waals surface area contributed by atoms with Crippen LogP contribution in [0, 0.1) is 7.14 Å². The molecule has 0 fully saturated rings. The summed E-state index contributed by atoms with van der Waals surface area (Å²) < 4.78 is 32.5. The van der Waals surface area contributed by atoms with Crippen LogP contribution in [0.15, 0.2) is 120 Å². The zero-order valence-electron chi connectivity index (χ0n) is 25.5. The second-order valence-electron chi connectivity index (χ2n) is 12.3. The molecule has 0 aliphatic carbocycles. The largest absolute Gasteiger partial charge is 0.379 e. The molecule has 0 saturated heterocycles. The van der Waals surface area contributed by atoms with E-state index in [1.54, 1.807) is 48.5 Å². The van der Waals surface area contributed by atoms with E-state index < -0.39 is 10.1 Å². The van der Waals surface area contributed by atoms with Crippen LogP contribution < -0.4 is 25.4 Å². The lowest BCUT2D eigenvalue weighted by molar-refractivity contribution is -0.597. The van der Waals surface area contributed by atoms with Crippen LogP contribution in [0.25, 0.3) is 10.8 Å². The van der Waals surface area contributed by atoms with Crippen LogP contribution in [-0.4, -0.2) is 14.7 Å². The van der Waals surface area contributed by atoms with Crippen LogP contribution >= 0.6 is 0 Å². The Morgan fingerprint density at radius 1 is 0.628 bits per heavy atom. The van der Waals surface area contributed by atoms with Crippen LogP contribution in [0.1, 0.15) is 63.0 Å². The van der Waals surface area contributed by atoms with Gasteiger partial charge in [-0.2, -0.15) is 8.42 Å². The lowest BCUT2D eigenvalue weighted by atomic mass is 9.87. The molecule has 0 amide bonds. The molecule has 5 aromatic carbocycles. The number of carbonyl (C=O) groups is 1. The van der Waals surface area contributed by atoms with Gasteiger partial charge in [0, 0.05) is 5.56 Å². The standard InChI is InChI=1S/C20H26I.C17H12O4S/c1-19(2,3)15-7-11-17(12-8-15)21-18-13-9-16(10-14-18)20(4,5)6;18-12-14-6-4-5-13-11-15(9-10-17(13)14)21-22(19,20)16-7-2-1-3-8-16/h7-14H,1-6H3;1-12H/q+1;. The zero-order valence-corrected chi connectivity index (χ0v) is 28.4. The second-order valence-corrected chi connectivity index (χ2v) is 16.9. The number of rotatable bonds is 6. The maximum Gasteiger partial charge on any atom is 0.357 e. The summed E-state index contributed by atoms with van der Waals surface area (Å²) in [5.41, 5.74) is 3.86. The molecule has 5 aromatic rings. The predicted octanol–water partition coefficient (Wildman–Crippen LogP) is 5.83. The molecule has 5 rings (SSSR count). The second kappa shape index (κ2) is 13.4. The molecule has 0 N–H and O–H groups in total. The van der Waals surface area contributed by atoms with Gasteiger partial charge in [0.1, 0.15) is 10.6 Å². The quantitative estimate of drug-likeness (QED) is 0.127. The van der Waals surface area contributed by atoms with Gasteiger partial charge in [-0.05, 0) is 87.3 Å². The molecule has 0 aliphatic heterocycles. The van der Waals surface area contributed by atoms with Gasteiger partial charge in [-0.1, -0.05) is 102 Å². The average molecular weight is 706 g/mol. The van der Waals surface area contributed by atoms with E-state index in [1.165, 1.54) is 36.5 Å². The van der Waals surface area contributed by atoms with Crippen molar-refractivity contribution in [3.05, 3.63) is 139 Å². The van der Waals surface area contributed by atoms with E-state index in [4.69, 9.17) is 4.18 Å². The highest BCUT2D eigenvalue weighted by atomic mass is 127. The molecule has 0 spiro atoms. The zero-order chi connectivity index (χ0) is 31.3. The maximum absolute atomic E-state index is 12.2. The van der Waals surface area contributed by atoms with Crippen molar-refractivity contribution in [2.45, 2.75) is 57.3 Å². The first kappa shape index (κ1) is 32.4. The number of carbonyl (C=O) groups excluding carboxylic acids is 1. The van der Waals surface area contributed by atoms with Crippen LogP contribution in [-0.2, 0) is 20.9 Å². The van der Waals surface area contributed by atoms with E-state index in [0.29, 0.717) is 5.56 Å². The van der Waals surface area contributed by atoms with E-state index in [9.17, 15) is 13.2 Å².